The number of hydrogen-bond donors (Lipinski definition) is 0. The van der Waals surface area contributed by atoms with Crippen LogP contribution in [0.1, 0.15) is 36.8 Å². The molecular weight excluding hydrogens is 555 g/mol. The fourth-order valence-corrected chi connectivity index (χ4v) is 4.07. The molecule has 1 aliphatic rings. The summed E-state index contributed by atoms with van der Waals surface area (Å²) in [7, 11) is 0. The average Bonchev–Trinajstić information content (AvgIpc) is 2.91. The summed E-state index contributed by atoms with van der Waals surface area (Å²) in [5.74, 6) is -11.7. The molecule has 0 aliphatic carbocycles. The summed E-state index contributed by atoms with van der Waals surface area (Å²) < 4.78 is 141. The number of benzene rings is 3. The lowest BCUT2D eigenvalue weighted by atomic mass is 9.98. The van der Waals surface area contributed by atoms with E-state index in [1.807, 2.05) is 0 Å². The van der Waals surface area contributed by atoms with E-state index in [1.165, 1.54) is 24.3 Å². The van der Waals surface area contributed by atoms with Gasteiger partial charge in [0.15, 0.2) is 23.3 Å². The second-order valence-electron chi connectivity index (χ2n) is 8.97. The van der Waals surface area contributed by atoms with Gasteiger partial charge < -0.3 is 14.2 Å². The average molecular weight is 576 g/mol. The summed E-state index contributed by atoms with van der Waals surface area (Å²) in [4.78, 5) is 0. The molecule has 1 fully saturated rings. The normalized spacial score (nSPS) is 18.4. The van der Waals surface area contributed by atoms with Crippen LogP contribution in [0, 0.1) is 29.1 Å². The third-order valence-corrected chi connectivity index (χ3v) is 6.06. The van der Waals surface area contributed by atoms with E-state index < -0.39 is 75.9 Å². The first-order chi connectivity index (χ1) is 18.9. The van der Waals surface area contributed by atoms with Crippen LogP contribution < -0.4 is 4.74 Å². The van der Waals surface area contributed by atoms with Gasteiger partial charge in [0.05, 0.1) is 18.8 Å². The van der Waals surface area contributed by atoms with Gasteiger partial charge in [-0.3, -0.25) is 0 Å². The van der Waals surface area contributed by atoms with E-state index in [9.17, 15) is 39.5 Å². The molecule has 0 unspecified atom stereocenters. The van der Waals surface area contributed by atoms with Crippen LogP contribution in [0.5, 0.6) is 5.75 Å². The zero-order chi connectivity index (χ0) is 29.2. The molecule has 0 radical (unpaired) electrons. The molecule has 3 aromatic rings. The summed E-state index contributed by atoms with van der Waals surface area (Å²) >= 11 is 0. The van der Waals surface area contributed by atoms with Gasteiger partial charge in [0.25, 0.3) is 6.29 Å². The Morgan fingerprint density at radius 2 is 1.40 bits per heavy atom. The van der Waals surface area contributed by atoms with Crippen LogP contribution in [0.25, 0.3) is 17.0 Å². The molecule has 1 aliphatic heterocycles. The molecule has 214 valence electrons. The lowest BCUT2D eigenvalue weighted by molar-refractivity contribution is -0.347. The third-order valence-electron chi connectivity index (χ3n) is 6.06. The Bertz CT molecular complexity index is 1350. The molecule has 1 saturated heterocycles. The van der Waals surface area contributed by atoms with E-state index in [0.717, 1.165) is 0 Å². The van der Waals surface area contributed by atoms with E-state index in [0.29, 0.717) is 36.2 Å². The van der Waals surface area contributed by atoms with Gasteiger partial charge in [-0.25, -0.2) is 30.7 Å². The molecule has 3 aromatic carbocycles. The highest BCUT2D eigenvalue weighted by atomic mass is 19.3. The van der Waals surface area contributed by atoms with Gasteiger partial charge in [-0.05, 0) is 29.7 Å². The maximum Gasteiger partial charge on any atom is 0.451 e. The second kappa shape index (κ2) is 11.9. The lowest BCUT2D eigenvalue weighted by Gasteiger charge is -2.33. The van der Waals surface area contributed by atoms with Crippen LogP contribution in [0.2, 0.25) is 0 Å². The molecule has 12 heteroatoms. The van der Waals surface area contributed by atoms with Crippen LogP contribution in [-0.2, 0) is 9.47 Å². The van der Waals surface area contributed by atoms with E-state index in [4.69, 9.17) is 9.47 Å². The topological polar surface area (TPSA) is 27.7 Å². The number of hydrogen-bond acceptors (Lipinski definition) is 3. The predicted molar refractivity (Wildman–Crippen MR) is 126 cm³/mol. The monoisotopic (exact) mass is 576 g/mol. The molecule has 0 N–H and O–H groups in total. The molecule has 1 heterocycles. The van der Waals surface area contributed by atoms with E-state index >= 15 is 0 Å². The van der Waals surface area contributed by atoms with Crippen molar-refractivity contribution in [3.05, 3.63) is 94.6 Å². The Balaban J connectivity index is 1.42. The van der Waals surface area contributed by atoms with Gasteiger partial charge >= 0.3 is 6.11 Å². The summed E-state index contributed by atoms with van der Waals surface area (Å²) in [6, 6.07) is 7.04. The summed E-state index contributed by atoms with van der Waals surface area (Å²) in [6.07, 6.45) is -6.11. The Kier molecular flexibility index (Phi) is 8.79. The highest BCUT2D eigenvalue weighted by Gasteiger charge is 2.47. The number of alkyl halides is 2. The third kappa shape index (κ3) is 6.28. The first-order valence-corrected chi connectivity index (χ1v) is 12.0. The van der Waals surface area contributed by atoms with Crippen molar-refractivity contribution in [3.63, 3.8) is 0 Å². The maximum absolute atomic E-state index is 14.7. The fourth-order valence-electron chi connectivity index (χ4n) is 4.07. The summed E-state index contributed by atoms with van der Waals surface area (Å²) in [5, 5.41) is 0. The van der Waals surface area contributed by atoms with E-state index in [2.05, 4.69) is 4.74 Å². The SMILES string of the molecule is CCC/C(F)=C(\F)c1ccc(C2COC(C(F)(F)Oc3cc(F)c(-c4cc(F)c(F)c(F)c4)c(F)c3)OC2)cc1. The van der Waals surface area contributed by atoms with Crippen LogP contribution in [0.4, 0.5) is 39.5 Å². The maximum atomic E-state index is 14.7. The van der Waals surface area contributed by atoms with Gasteiger partial charge in [0.2, 0.25) is 0 Å². The van der Waals surface area contributed by atoms with Gasteiger partial charge in [-0.15, -0.1) is 0 Å². The van der Waals surface area contributed by atoms with Gasteiger partial charge in [0.1, 0.15) is 23.2 Å². The predicted octanol–water partition coefficient (Wildman–Crippen LogP) is 8.59. The second-order valence-corrected chi connectivity index (χ2v) is 8.97. The van der Waals surface area contributed by atoms with Crippen LogP contribution in [0.15, 0.2) is 54.4 Å². The molecule has 40 heavy (non-hydrogen) atoms. The first-order valence-electron chi connectivity index (χ1n) is 12.0. The molecule has 0 spiro atoms. The minimum absolute atomic E-state index is 0.0188. The van der Waals surface area contributed by atoms with Crippen molar-refractivity contribution in [3.8, 4) is 16.9 Å². The van der Waals surface area contributed by atoms with Crippen molar-refractivity contribution in [2.45, 2.75) is 38.1 Å². The number of halogens is 9. The van der Waals surface area contributed by atoms with Crippen LogP contribution >= 0.6 is 0 Å². The van der Waals surface area contributed by atoms with Crippen molar-refractivity contribution < 1.29 is 53.7 Å². The summed E-state index contributed by atoms with van der Waals surface area (Å²) in [5.41, 5.74) is -1.13. The first kappa shape index (κ1) is 29.5. The molecule has 4 rings (SSSR count). The number of ether oxygens (including phenoxy) is 3. The smallest absolute Gasteiger partial charge is 0.429 e. The number of rotatable bonds is 8. The van der Waals surface area contributed by atoms with Crippen molar-refractivity contribution >= 4 is 5.83 Å². The lowest BCUT2D eigenvalue weighted by Crippen LogP contribution is -2.47. The molecule has 0 atom stereocenters. The van der Waals surface area contributed by atoms with Crippen LogP contribution in [0.3, 0.4) is 0 Å². The molecule has 0 amide bonds. The van der Waals surface area contributed by atoms with E-state index in [1.54, 1.807) is 6.92 Å². The quantitative estimate of drug-likeness (QED) is 0.199. The van der Waals surface area contributed by atoms with Crippen molar-refractivity contribution in [1.29, 1.82) is 0 Å². The summed E-state index contributed by atoms with van der Waals surface area (Å²) in [6.45, 7) is 1.14. The molecule has 0 aromatic heterocycles. The minimum Gasteiger partial charge on any atom is -0.429 e. The minimum atomic E-state index is -4.23. The molecule has 3 nitrogen and oxygen atoms in total. The van der Waals surface area contributed by atoms with Crippen LogP contribution in [-0.4, -0.2) is 25.6 Å². The Morgan fingerprint density at radius 3 is 1.93 bits per heavy atom. The Morgan fingerprint density at radius 1 is 0.850 bits per heavy atom. The molecule has 0 saturated carbocycles. The fraction of sp³-hybridized carbons (Fsp3) is 0.286. The van der Waals surface area contributed by atoms with Crippen molar-refractivity contribution in [1.82, 2.24) is 0 Å². The Labute approximate surface area is 222 Å². The van der Waals surface area contributed by atoms with Crippen molar-refractivity contribution in [2.24, 2.45) is 0 Å². The highest BCUT2D eigenvalue weighted by molar-refractivity contribution is 5.66. The van der Waals surface area contributed by atoms with Gasteiger partial charge in [-0.1, -0.05) is 31.2 Å². The van der Waals surface area contributed by atoms with E-state index in [-0.39, 0.29) is 25.2 Å². The largest absolute Gasteiger partial charge is 0.451 e. The zero-order valence-electron chi connectivity index (χ0n) is 20.7. The standard InChI is InChI=1S/C28H21F9O3/c1-2-3-19(29)25(34)15-6-4-14(5-7-15)17-12-38-27(39-13-17)28(36,37)40-18-10-20(30)24(21(31)11-18)16-8-22(32)26(35)23(33)9-16/h4-11,17,27H,2-3,12-13H2,1H3/b25-19+. The Hall–Kier alpha value is -3.51. The zero-order valence-corrected chi connectivity index (χ0v) is 20.7. The highest BCUT2D eigenvalue weighted by Crippen LogP contribution is 2.36. The van der Waals surface area contributed by atoms with Gasteiger partial charge in [0, 0.05) is 30.0 Å². The molecular formula is C28H21F9O3. The van der Waals surface area contributed by atoms with Crippen molar-refractivity contribution in [2.75, 3.05) is 13.2 Å². The molecule has 0 bridgehead atoms. The van der Waals surface area contributed by atoms with Gasteiger partial charge in [-0.2, -0.15) is 8.78 Å². The number of allylic oxidation sites excluding steroid dienone is 1.